The molecular weight excluding hydrogens is 196 g/mol. The van der Waals surface area contributed by atoms with Crippen molar-refractivity contribution in [1.29, 1.82) is 0 Å². The van der Waals surface area contributed by atoms with Crippen LogP contribution in [0.3, 0.4) is 0 Å². The summed E-state index contributed by atoms with van der Waals surface area (Å²) in [6.45, 7) is 1.26. The summed E-state index contributed by atoms with van der Waals surface area (Å²) >= 11 is 0. The van der Waals surface area contributed by atoms with Crippen LogP contribution in [-0.2, 0) is 14.3 Å². The number of likely N-dealkylation sites (N-methyl/N-ethyl adjacent to an activating group) is 1. The van der Waals surface area contributed by atoms with E-state index in [0.29, 0.717) is 19.1 Å². The smallest absolute Gasteiger partial charge is 0.396 e. The Balaban J connectivity index is 2.56. The highest BCUT2D eigenvalue weighted by atomic mass is 16.5. The molecule has 0 bridgehead atoms. The van der Waals surface area contributed by atoms with Crippen LogP contribution in [0.2, 0.25) is 0 Å². The first-order valence-electron chi connectivity index (χ1n) is 5.10. The molecule has 0 radical (unpaired) electrons. The van der Waals surface area contributed by atoms with E-state index in [1.54, 1.807) is 4.90 Å². The Hall–Kier alpha value is -1.10. The first kappa shape index (κ1) is 12.0. The van der Waals surface area contributed by atoms with E-state index in [1.807, 2.05) is 14.1 Å². The van der Waals surface area contributed by atoms with Crippen LogP contribution < -0.4 is 0 Å². The van der Waals surface area contributed by atoms with E-state index >= 15 is 0 Å². The molecular formula is C10H18N2O3. The Morgan fingerprint density at radius 1 is 1.40 bits per heavy atom. The van der Waals surface area contributed by atoms with Gasteiger partial charge in [0.05, 0.1) is 7.11 Å². The number of piperidine rings is 1. The van der Waals surface area contributed by atoms with Gasteiger partial charge in [-0.3, -0.25) is 4.79 Å². The predicted molar refractivity (Wildman–Crippen MR) is 55.3 cm³/mol. The zero-order valence-electron chi connectivity index (χ0n) is 9.52. The number of carbonyl (C=O) groups is 2. The van der Waals surface area contributed by atoms with Crippen molar-refractivity contribution in [3.05, 3.63) is 0 Å². The van der Waals surface area contributed by atoms with Crippen molar-refractivity contribution in [1.82, 2.24) is 9.80 Å². The summed E-state index contributed by atoms with van der Waals surface area (Å²) in [6, 6.07) is 0.340. The highest BCUT2D eigenvalue weighted by Crippen LogP contribution is 2.13. The molecule has 0 spiro atoms. The molecule has 1 aliphatic heterocycles. The molecule has 1 heterocycles. The van der Waals surface area contributed by atoms with Gasteiger partial charge in [0.25, 0.3) is 0 Å². The van der Waals surface area contributed by atoms with Crippen molar-refractivity contribution in [2.45, 2.75) is 18.9 Å². The fourth-order valence-electron chi connectivity index (χ4n) is 1.78. The Morgan fingerprint density at radius 3 is 2.60 bits per heavy atom. The first-order chi connectivity index (χ1) is 7.06. The van der Waals surface area contributed by atoms with Crippen LogP contribution in [0.1, 0.15) is 12.8 Å². The molecule has 5 heteroatoms. The molecule has 1 amide bonds. The van der Waals surface area contributed by atoms with Crippen molar-refractivity contribution in [2.24, 2.45) is 0 Å². The van der Waals surface area contributed by atoms with E-state index in [9.17, 15) is 9.59 Å². The number of methoxy groups -OCH3 is 1. The summed E-state index contributed by atoms with van der Waals surface area (Å²) in [5.41, 5.74) is 0. The van der Waals surface area contributed by atoms with Gasteiger partial charge in [-0.2, -0.15) is 0 Å². The lowest BCUT2D eigenvalue weighted by Gasteiger charge is -2.35. The lowest BCUT2D eigenvalue weighted by atomic mass is 10.1. The minimum absolute atomic E-state index is 0.340. The van der Waals surface area contributed by atoms with Crippen molar-refractivity contribution in [3.8, 4) is 0 Å². The molecule has 1 rings (SSSR count). The second-order valence-electron chi connectivity index (χ2n) is 4.00. The number of likely N-dealkylation sites (tertiary alicyclic amines) is 1. The van der Waals surface area contributed by atoms with Crippen molar-refractivity contribution >= 4 is 11.9 Å². The maximum absolute atomic E-state index is 11.5. The Bertz CT molecular complexity index is 253. The minimum Gasteiger partial charge on any atom is -0.462 e. The fraction of sp³-hybridized carbons (Fsp3) is 0.800. The monoisotopic (exact) mass is 214 g/mol. The van der Waals surface area contributed by atoms with Crippen LogP contribution in [0.25, 0.3) is 0 Å². The molecule has 1 unspecified atom stereocenters. The van der Waals surface area contributed by atoms with Gasteiger partial charge in [0.2, 0.25) is 0 Å². The standard InChI is InChI=1S/C10H18N2O3/c1-11(2)8-5-4-6-12(7-8)9(13)10(14)15-3/h8H,4-7H2,1-3H3. The summed E-state index contributed by atoms with van der Waals surface area (Å²) in [7, 11) is 5.20. The van der Waals surface area contributed by atoms with Crippen LogP contribution in [0.5, 0.6) is 0 Å². The average molecular weight is 214 g/mol. The maximum atomic E-state index is 11.5. The molecule has 0 aromatic heterocycles. The summed E-state index contributed by atoms with van der Waals surface area (Å²) in [5.74, 6) is -1.29. The van der Waals surface area contributed by atoms with Gasteiger partial charge in [-0.1, -0.05) is 0 Å². The number of nitrogens with zero attached hydrogens (tertiary/aromatic N) is 2. The Kier molecular flexibility index (Phi) is 4.08. The third kappa shape index (κ3) is 2.92. The van der Waals surface area contributed by atoms with Gasteiger partial charge in [0.15, 0.2) is 0 Å². The van der Waals surface area contributed by atoms with E-state index in [1.165, 1.54) is 7.11 Å². The van der Waals surface area contributed by atoms with Gasteiger partial charge in [-0.15, -0.1) is 0 Å². The van der Waals surface area contributed by atoms with Crippen LogP contribution in [0.4, 0.5) is 0 Å². The highest BCUT2D eigenvalue weighted by Gasteiger charge is 2.28. The first-order valence-corrected chi connectivity index (χ1v) is 5.10. The summed E-state index contributed by atoms with van der Waals surface area (Å²) in [5, 5.41) is 0. The van der Waals surface area contributed by atoms with Crippen molar-refractivity contribution < 1.29 is 14.3 Å². The number of ether oxygens (including phenoxy) is 1. The molecule has 0 N–H and O–H groups in total. The van der Waals surface area contributed by atoms with Crippen molar-refractivity contribution in [3.63, 3.8) is 0 Å². The lowest BCUT2D eigenvalue weighted by Crippen LogP contribution is -2.49. The largest absolute Gasteiger partial charge is 0.462 e. The highest BCUT2D eigenvalue weighted by molar-refractivity contribution is 6.32. The molecule has 0 saturated carbocycles. The number of rotatable bonds is 1. The molecule has 86 valence electrons. The van der Waals surface area contributed by atoms with Gasteiger partial charge in [-0.05, 0) is 26.9 Å². The molecule has 1 aliphatic rings. The maximum Gasteiger partial charge on any atom is 0.396 e. The number of amides is 1. The third-order valence-corrected chi connectivity index (χ3v) is 2.77. The normalized spacial score (nSPS) is 21.6. The van der Waals surface area contributed by atoms with Crippen LogP contribution in [0, 0.1) is 0 Å². The lowest BCUT2D eigenvalue weighted by molar-refractivity contribution is -0.159. The molecule has 0 aliphatic carbocycles. The van der Waals surface area contributed by atoms with E-state index < -0.39 is 11.9 Å². The van der Waals surface area contributed by atoms with Gasteiger partial charge in [0, 0.05) is 19.1 Å². The SMILES string of the molecule is COC(=O)C(=O)N1CCCC(N(C)C)C1. The fourth-order valence-corrected chi connectivity index (χ4v) is 1.78. The van der Waals surface area contributed by atoms with Gasteiger partial charge >= 0.3 is 11.9 Å². The molecule has 1 saturated heterocycles. The van der Waals surface area contributed by atoms with Crippen molar-refractivity contribution in [2.75, 3.05) is 34.3 Å². The van der Waals surface area contributed by atoms with E-state index in [-0.39, 0.29) is 0 Å². The summed E-state index contributed by atoms with van der Waals surface area (Å²) < 4.78 is 4.42. The second kappa shape index (κ2) is 5.11. The third-order valence-electron chi connectivity index (χ3n) is 2.77. The van der Waals surface area contributed by atoms with E-state index in [4.69, 9.17) is 0 Å². The topological polar surface area (TPSA) is 49.9 Å². The zero-order chi connectivity index (χ0) is 11.4. The summed E-state index contributed by atoms with van der Waals surface area (Å²) in [4.78, 5) is 26.2. The quantitative estimate of drug-likeness (QED) is 0.444. The van der Waals surface area contributed by atoms with E-state index in [2.05, 4.69) is 9.64 Å². The number of esters is 1. The molecule has 0 aromatic rings. The van der Waals surface area contributed by atoms with E-state index in [0.717, 1.165) is 12.8 Å². The van der Waals surface area contributed by atoms with Gasteiger partial charge in [0.1, 0.15) is 0 Å². The van der Waals surface area contributed by atoms with Crippen LogP contribution in [0.15, 0.2) is 0 Å². The molecule has 15 heavy (non-hydrogen) atoms. The number of hydrogen-bond acceptors (Lipinski definition) is 4. The Morgan fingerprint density at radius 2 is 2.07 bits per heavy atom. The summed E-state index contributed by atoms with van der Waals surface area (Å²) in [6.07, 6.45) is 2.00. The minimum atomic E-state index is -0.769. The van der Waals surface area contributed by atoms with Crippen LogP contribution in [-0.4, -0.2) is 62.0 Å². The molecule has 0 aromatic carbocycles. The number of hydrogen-bond donors (Lipinski definition) is 0. The van der Waals surface area contributed by atoms with Crippen LogP contribution >= 0.6 is 0 Å². The predicted octanol–water partition coefficient (Wildman–Crippen LogP) is -0.288. The molecule has 5 nitrogen and oxygen atoms in total. The zero-order valence-corrected chi connectivity index (χ0v) is 9.52. The van der Waals surface area contributed by atoms with Gasteiger partial charge < -0.3 is 14.5 Å². The number of carbonyl (C=O) groups excluding carboxylic acids is 2. The average Bonchev–Trinajstić information content (AvgIpc) is 2.27. The second-order valence-corrected chi connectivity index (χ2v) is 4.00. The van der Waals surface area contributed by atoms with Gasteiger partial charge in [-0.25, -0.2) is 4.79 Å². The molecule has 1 fully saturated rings. The molecule has 1 atom stereocenters. The Labute approximate surface area is 90.0 Å².